The summed E-state index contributed by atoms with van der Waals surface area (Å²) in [5.41, 5.74) is 2.57. The second kappa shape index (κ2) is 6.05. The van der Waals surface area contributed by atoms with Crippen LogP contribution >= 0.6 is 0 Å². The number of likely N-dealkylation sites (tertiary alicyclic amines) is 1. The highest BCUT2D eigenvalue weighted by atomic mass is 15.2. The van der Waals surface area contributed by atoms with Crippen molar-refractivity contribution >= 4 is 0 Å². The third-order valence-electron chi connectivity index (χ3n) is 5.55. The van der Waals surface area contributed by atoms with Crippen molar-refractivity contribution in [3.63, 3.8) is 0 Å². The molecule has 21 heavy (non-hydrogen) atoms. The maximum atomic E-state index is 4.70. The first-order chi connectivity index (χ1) is 10.4. The van der Waals surface area contributed by atoms with Gasteiger partial charge in [0.05, 0.1) is 5.69 Å². The fourth-order valence-electron chi connectivity index (χ4n) is 4.11. The minimum Gasteiger partial charge on any atom is -0.310 e. The van der Waals surface area contributed by atoms with E-state index in [1.54, 1.807) is 0 Å². The van der Waals surface area contributed by atoms with Gasteiger partial charge in [-0.2, -0.15) is 0 Å². The van der Waals surface area contributed by atoms with Gasteiger partial charge in [0.25, 0.3) is 0 Å². The summed E-state index contributed by atoms with van der Waals surface area (Å²) in [6.45, 7) is 3.31. The van der Waals surface area contributed by atoms with Gasteiger partial charge in [-0.3, -0.25) is 9.88 Å². The molecule has 4 rings (SSSR count). The van der Waals surface area contributed by atoms with Gasteiger partial charge < -0.3 is 5.32 Å². The van der Waals surface area contributed by atoms with Crippen LogP contribution in [0.25, 0.3) is 0 Å². The molecule has 1 N–H and O–H groups in total. The molecule has 2 atom stereocenters. The number of fused-ring (bicyclic) bond motifs is 1. The Morgan fingerprint density at radius 3 is 2.81 bits per heavy atom. The van der Waals surface area contributed by atoms with Gasteiger partial charge >= 0.3 is 0 Å². The maximum absolute atomic E-state index is 4.70. The van der Waals surface area contributed by atoms with Crippen LogP contribution in [-0.4, -0.2) is 28.5 Å². The monoisotopic (exact) mass is 285 g/mol. The Balaban J connectivity index is 1.33. The van der Waals surface area contributed by atoms with E-state index >= 15 is 0 Å². The molecule has 0 bridgehead atoms. The summed E-state index contributed by atoms with van der Waals surface area (Å²) in [4.78, 5) is 7.39. The Morgan fingerprint density at radius 2 is 2.00 bits per heavy atom. The molecule has 0 spiro atoms. The van der Waals surface area contributed by atoms with Crippen LogP contribution in [0.4, 0.5) is 0 Å². The van der Waals surface area contributed by atoms with Gasteiger partial charge in [0.15, 0.2) is 0 Å². The fourth-order valence-corrected chi connectivity index (χ4v) is 4.11. The number of nitrogens with zero attached hydrogens (tertiary/aromatic N) is 2. The van der Waals surface area contributed by atoms with E-state index in [4.69, 9.17) is 4.98 Å². The normalized spacial score (nSPS) is 29.5. The van der Waals surface area contributed by atoms with Gasteiger partial charge in [0.1, 0.15) is 0 Å². The fraction of sp³-hybridized carbons (Fsp3) is 0.722. The van der Waals surface area contributed by atoms with Crippen LogP contribution in [0.15, 0.2) is 18.3 Å². The van der Waals surface area contributed by atoms with Crippen molar-refractivity contribution in [1.29, 1.82) is 0 Å². The van der Waals surface area contributed by atoms with E-state index in [1.807, 2.05) is 0 Å². The molecule has 3 aliphatic rings. The van der Waals surface area contributed by atoms with Crippen molar-refractivity contribution in [2.75, 3.05) is 6.54 Å². The molecule has 3 fully saturated rings. The average Bonchev–Trinajstić information content (AvgIpc) is 3.28. The first-order valence-corrected chi connectivity index (χ1v) is 8.80. The number of aromatic nitrogens is 1. The predicted octanol–water partition coefficient (Wildman–Crippen LogP) is 3.10. The molecule has 1 saturated heterocycles. The van der Waals surface area contributed by atoms with Crippen LogP contribution in [0.3, 0.4) is 0 Å². The molecule has 1 aliphatic heterocycles. The number of pyridine rings is 1. The molecule has 0 amide bonds. The molecular weight excluding hydrogens is 258 g/mol. The zero-order valence-electron chi connectivity index (χ0n) is 12.9. The summed E-state index contributed by atoms with van der Waals surface area (Å²) >= 11 is 0. The largest absolute Gasteiger partial charge is 0.310 e. The highest BCUT2D eigenvalue weighted by molar-refractivity contribution is 5.14. The molecule has 0 aromatic carbocycles. The third kappa shape index (κ3) is 3.29. The SMILES string of the molecule is c1cc(CN2CCC3CCCCC32)ncc1CNC1CC1. The molecule has 0 radical (unpaired) electrons. The summed E-state index contributed by atoms with van der Waals surface area (Å²) in [6.07, 6.45) is 11.9. The van der Waals surface area contributed by atoms with Gasteiger partial charge in [0.2, 0.25) is 0 Å². The van der Waals surface area contributed by atoms with Gasteiger partial charge in [0, 0.05) is 31.4 Å². The van der Waals surface area contributed by atoms with E-state index in [2.05, 4.69) is 28.5 Å². The summed E-state index contributed by atoms with van der Waals surface area (Å²) in [5.74, 6) is 0.973. The van der Waals surface area contributed by atoms with Crippen molar-refractivity contribution < 1.29 is 0 Å². The summed E-state index contributed by atoms with van der Waals surface area (Å²) < 4.78 is 0. The number of nitrogens with one attached hydrogen (secondary N) is 1. The van der Waals surface area contributed by atoms with Gasteiger partial charge in [-0.05, 0) is 56.2 Å². The average molecular weight is 285 g/mol. The van der Waals surface area contributed by atoms with Gasteiger partial charge in [-0.15, -0.1) is 0 Å². The minimum atomic E-state index is 0.775. The Kier molecular flexibility index (Phi) is 3.95. The highest BCUT2D eigenvalue weighted by Gasteiger charge is 2.35. The highest BCUT2D eigenvalue weighted by Crippen LogP contribution is 2.36. The Morgan fingerprint density at radius 1 is 1.10 bits per heavy atom. The molecule has 2 heterocycles. The van der Waals surface area contributed by atoms with Crippen LogP contribution in [0.2, 0.25) is 0 Å². The van der Waals surface area contributed by atoms with Crippen LogP contribution in [0.1, 0.15) is 56.2 Å². The zero-order chi connectivity index (χ0) is 14.1. The molecule has 3 nitrogen and oxygen atoms in total. The van der Waals surface area contributed by atoms with Gasteiger partial charge in [-0.1, -0.05) is 18.9 Å². The lowest BCUT2D eigenvalue weighted by atomic mass is 9.85. The topological polar surface area (TPSA) is 28.2 Å². The number of hydrogen-bond donors (Lipinski definition) is 1. The maximum Gasteiger partial charge on any atom is 0.0544 e. The molecule has 1 aromatic heterocycles. The summed E-state index contributed by atoms with van der Waals surface area (Å²) in [7, 11) is 0. The van der Waals surface area contributed by atoms with Crippen LogP contribution < -0.4 is 5.32 Å². The first kappa shape index (κ1) is 13.7. The summed E-state index contributed by atoms with van der Waals surface area (Å²) in [5, 5.41) is 3.55. The molecule has 3 heteroatoms. The number of hydrogen-bond acceptors (Lipinski definition) is 3. The molecule has 114 valence electrons. The lowest BCUT2D eigenvalue weighted by Gasteiger charge is -2.31. The quantitative estimate of drug-likeness (QED) is 0.901. The molecule has 2 saturated carbocycles. The van der Waals surface area contributed by atoms with Crippen molar-refractivity contribution in [2.24, 2.45) is 5.92 Å². The Hall–Kier alpha value is -0.930. The number of rotatable bonds is 5. The van der Waals surface area contributed by atoms with E-state index in [-0.39, 0.29) is 0 Å². The van der Waals surface area contributed by atoms with Crippen molar-refractivity contribution in [1.82, 2.24) is 15.2 Å². The second-order valence-electron chi connectivity index (χ2n) is 7.18. The van der Waals surface area contributed by atoms with Crippen molar-refractivity contribution in [3.05, 3.63) is 29.6 Å². The molecule has 2 aliphatic carbocycles. The van der Waals surface area contributed by atoms with Crippen LogP contribution in [0.5, 0.6) is 0 Å². The van der Waals surface area contributed by atoms with E-state index in [1.165, 1.54) is 62.7 Å². The Bertz CT molecular complexity index is 466. The first-order valence-electron chi connectivity index (χ1n) is 8.80. The zero-order valence-corrected chi connectivity index (χ0v) is 12.9. The Labute approximate surface area is 128 Å². The van der Waals surface area contributed by atoms with E-state index < -0.39 is 0 Å². The van der Waals surface area contributed by atoms with E-state index in [0.717, 1.165) is 31.1 Å². The van der Waals surface area contributed by atoms with Crippen molar-refractivity contribution in [3.8, 4) is 0 Å². The molecule has 2 unspecified atom stereocenters. The standard InChI is InChI=1S/C18H27N3/c1-2-4-18-15(3-1)9-10-21(18)13-17-6-5-14(12-20-17)11-19-16-7-8-16/h5-6,12,15-16,18-19H,1-4,7-11,13H2. The van der Waals surface area contributed by atoms with E-state index in [9.17, 15) is 0 Å². The van der Waals surface area contributed by atoms with Crippen molar-refractivity contribution in [2.45, 2.75) is 70.1 Å². The van der Waals surface area contributed by atoms with Gasteiger partial charge in [-0.25, -0.2) is 0 Å². The third-order valence-corrected chi connectivity index (χ3v) is 5.55. The lowest BCUT2D eigenvalue weighted by molar-refractivity contribution is 0.174. The van der Waals surface area contributed by atoms with Crippen LogP contribution in [0, 0.1) is 5.92 Å². The lowest BCUT2D eigenvalue weighted by Crippen LogP contribution is -2.34. The van der Waals surface area contributed by atoms with Crippen LogP contribution in [-0.2, 0) is 13.1 Å². The smallest absolute Gasteiger partial charge is 0.0544 e. The predicted molar refractivity (Wildman–Crippen MR) is 84.9 cm³/mol. The minimum absolute atomic E-state index is 0.775. The summed E-state index contributed by atoms with van der Waals surface area (Å²) in [6, 6.07) is 6.11. The van der Waals surface area contributed by atoms with E-state index in [0.29, 0.717) is 0 Å². The second-order valence-corrected chi connectivity index (χ2v) is 7.18. The molecule has 1 aromatic rings. The molecular formula is C18H27N3.